The summed E-state index contributed by atoms with van der Waals surface area (Å²) in [6.45, 7) is 0. The van der Waals surface area contributed by atoms with E-state index in [4.69, 9.17) is 0 Å². The lowest BCUT2D eigenvalue weighted by atomic mass is 9.86. The molecule has 0 spiro atoms. The summed E-state index contributed by atoms with van der Waals surface area (Å²) in [4.78, 5) is 23.1. The fourth-order valence-corrected chi connectivity index (χ4v) is 2.32. The first-order valence-corrected chi connectivity index (χ1v) is 5.35. The third-order valence-electron chi connectivity index (χ3n) is 3.14. The predicted molar refractivity (Wildman–Crippen MR) is 61.6 cm³/mol. The van der Waals surface area contributed by atoms with E-state index < -0.39 is 0 Å². The van der Waals surface area contributed by atoms with Crippen LogP contribution in [0.1, 0.15) is 22.3 Å². The van der Waals surface area contributed by atoms with Gasteiger partial charge in [0.25, 0.3) is 0 Å². The van der Waals surface area contributed by atoms with Crippen molar-refractivity contribution in [2.24, 2.45) is 0 Å². The fourth-order valence-electron chi connectivity index (χ4n) is 2.32. The van der Waals surface area contributed by atoms with E-state index >= 15 is 0 Å². The Hall–Kier alpha value is -1.96. The Kier molecular flexibility index (Phi) is 1.90. The molecule has 0 saturated heterocycles. The van der Waals surface area contributed by atoms with Gasteiger partial charge in [0.1, 0.15) is 0 Å². The van der Waals surface area contributed by atoms with E-state index in [9.17, 15) is 9.59 Å². The molecule has 16 heavy (non-hydrogen) atoms. The number of carbonyl (C=O) groups excluding carboxylic acids is 2. The lowest BCUT2D eigenvalue weighted by molar-refractivity contribution is -0.115. The number of hydrogen-bond acceptors (Lipinski definition) is 2. The van der Waals surface area contributed by atoms with E-state index in [1.165, 1.54) is 0 Å². The van der Waals surface area contributed by atoms with E-state index in [1.54, 1.807) is 6.07 Å². The van der Waals surface area contributed by atoms with Crippen LogP contribution < -0.4 is 0 Å². The van der Waals surface area contributed by atoms with Crippen molar-refractivity contribution in [3.63, 3.8) is 0 Å². The molecule has 2 nitrogen and oxygen atoms in total. The zero-order chi connectivity index (χ0) is 11.1. The van der Waals surface area contributed by atoms with Gasteiger partial charge in [-0.1, -0.05) is 36.4 Å². The molecule has 2 aromatic rings. The topological polar surface area (TPSA) is 34.1 Å². The van der Waals surface area contributed by atoms with Crippen molar-refractivity contribution < 1.29 is 9.59 Å². The molecule has 0 bridgehead atoms. The average molecular weight is 210 g/mol. The lowest BCUT2D eigenvalue weighted by Crippen LogP contribution is -2.22. The number of aryl methyl sites for hydroxylation is 1. The van der Waals surface area contributed by atoms with E-state index in [1.807, 2.05) is 30.3 Å². The van der Waals surface area contributed by atoms with Gasteiger partial charge in [0.15, 0.2) is 0 Å². The highest BCUT2D eigenvalue weighted by Crippen LogP contribution is 2.27. The standard InChI is InChI=1S/C14H10O2/c15-13-8-7-11-10-4-2-1-3-9(10)5-6-12(11)14(13)16/h1-6H,7-8H2. The number of rotatable bonds is 0. The van der Waals surface area contributed by atoms with Crippen LogP contribution in [0.15, 0.2) is 36.4 Å². The minimum absolute atomic E-state index is 0.261. The van der Waals surface area contributed by atoms with Crippen LogP contribution >= 0.6 is 0 Å². The normalized spacial score (nSPS) is 15.2. The van der Waals surface area contributed by atoms with Gasteiger partial charge in [-0.3, -0.25) is 9.59 Å². The van der Waals surface area contributed by atoms with Gasteiger partial charge in [0, 0.05) is 12.0 Å². The molecule has 0 heterocycles. The minimum atomic E-state index is -0.327. The monoisotopic (exact) mass is 210 g/mol. The Morgan fingerprint density at radius 1 is 0.875 bits per heavy atom. The van der Waals surface area contributed by atoms with Crippen LogP contribution in [-0.4, -0.2) is 11.6 Å². The first kappa shape index (κ1) is 9.28. The van der Waals surface area contributed by atoms with Crippen LogP contribution in [0, 0.1) is 0 Å². The fraction of sp³-hybridized carbons (Fsp3) is 0.143. The van der Waals surface area contributed by atoms with Crippen LogP contribution in [0.4, 0.5) is 0 Å². The van der Waals surface area contributed by atoms with Crippen molar-refractivity contribution in [2.75, 3.05) is 0 Å². The Morgan fingerprint density at radius 2 is 1.69 bits per heavy atom. The second kappa shape index (κ2) is 3.27. The minimum Gasteiger partial charge on any atom is -0.290 e. The Morgan fingerprint density at radius 3 is 2.56 bits per heavy atom. The number of carbonyl (C=O) groups is 2. The highest BCUT2D eigenvalue weighted by molar-refractivity contribution is 6.45. The second-order valence-corrected chi connectivity index (χ2v) is 4.07. The number of benzene rings is 2. The molecular weight excluding hydrogens is 200 g/mol. The molecule has 0 fully saturated rings. The third kappa shape index (κ3) is 1.20. The zero-order valence-corrected chi connectivity index (χ0v) is 8.69. The molecule has 0 radical (unpaired) electrons. The van der Waals surface area contributed by atoms with Gasteiger partial charge in [0.2, 0.25) is 11.6 Å². The van der Waals surface area contributed by atoms with Crippen LogP contribution in [-0.2, 0) is 11.2 Å². The summed E-state index contributed by atoms with van der Waals surface area (Å²) in [5, 5.41) is 2.23. The highest BCUT2D eigenvalue weighted by atomic mass is 16.2. The molecular formula is C14H10O2. The molecule has 1 aliphatic rings. The molecule has 78 valence electrons. The summed E-state index contributed by atoms with van der Waals surface area (Å²) in [6.07, 6.45) is 1.03. The molecule has 1 aliphatic carbocycles. The molecule has 0 atom stereocenters. The summed E-state index contributed by atoms with van der Waals surface area (Å²) < 4.78 is 0. The molecule has 2 aromatic carbocycles. The van der Waals surface area contributed by atoms with Gasteiger partial charge < -0.3 is 0 Å². The summed E-state index contributed by atoms with van der Waals surface area (Å²) in [5.74, 6) is -0.588. The predicted octanol–water partition coefficient (Wildman–Crippen LogP) is 2.54. The molecule has 0 saturated carbocycles. The number of Topliss-reactive ketones (excluding diaryl/α,β-unsaturated/α-hetero) is 2. The van der Waals surface area contributed by atoms with Gasteiger partial charge >= 0.3 is 0 Å². The van der Waals surface area contributed by atoms with Gasteiger partial charge in [-0.25, -0.2) is 0 Å². The maximum atomic E-state index is 11.7. The first-order valence-electron chi connectivity index (χ1n) is 5.35. The molecule has 0 amide bonds. The van der Waals surface area contributed by atoms with Crippen LogP contribution in [0.5, 0.6) is 0 Å². The molecule has 3 rings (SSSR count). The second-order valence-electron chi connectivity index (χ2n) is 4.07. The Labute approximate surface area is 92.9 Å². The van der Waals surface area contributed by atoms with Gasteiger partial charge in [-0.05, 0) is 22.8 Å². The van der Waals surface area contributed by atoms with Crippen molar-refractivity contribution in [1.29, 1.82) is 0 Å². The maximum Gasteiger partial charge on any atom is 0.228 e. The van der Waals surface area contributed by atoms with Crippen molar-refractivity contribution in [3.05, 3.63) is 47.5 Å². The van der Waals surface area contributed by atoms with Crippen LogP contribution in [0.2, 0.25) is 0 Å². The summed E-state index contributed by atoms with van der Waals surface area (Å²) in [5.41, 5.74) is 1.62. The van der Waals surface area contributed by atoms with E-state index in [0.717, 1.165) is 16.3 Å². The smallest absolute Gasteiger partial charge is 0.228 e. The summed E-state index contributed by atoms with van der Waals surface area (Å²) in [6, 6.07) is 11.7. The average Bonchev–Trinajstić information content (AvgIpc) is 2.33. The van der Waals surface area contributed by atoms with Gasteiger partial charge in [-0.2, -0.15) is 0 Å². The van der Waals surface area contributed by atoms with E-state index in [0.29, 0.717) is 18.4 Å². The van der Waals surface area contributed by atoms with Crippen molar-refractivity contribution in [3.8, 4) is 0 Å². The van der Waals surface area contributed by atoms with Gasteiger partial charge in [-0.15, -0.1) is 0 Å². The highest BCUT2D eigenvalue weighted by Gasteiger charge is 2.25. The maximum absolute atomic E-state index is 11.7. The largest absolute Gasteiger partial charge is 0.290 e. The zero-order valence-electron chi connectivity index (χ0n) is 8.69. The number of fused-ring (bicyclic) bond motifs is 3. The van der Waals surface area contributed by atoms with E-state index in [-0.39, 0.29) is 11.6 Å². The molecule has 0 unspecified atom stereocenters. The number of hydrogen-bond donors (Lipinski definition) is 0. The lowest BCUT2D eigenvalue weighted by Gasteiger charge is -2.15. The molecule has 0 N–H and O–H groups in total. The van der Waals surface area contributed by atoms with E-state index in [2.05, 4.69) is 0 Å². The first-order chi connectivity index (χ1) is 7.77. The van der Waals surface area contributed by atoms with Crippen molar-refractivity contribution in [1.82, 2.24) is 0 Å². The van der Waals surface area contributed by atoms with Crippen LogP contribution in [0.25, 0.3) is 10.8 Å². The third-order valence-corrected chi connectivity index (χ3v) is 3.14. The summed E-state index contributed by atoms with van der Waals surface area (Å²) >= 11 is 0. The SMILES string of the molecule is O=C1CCc2c(ccc3ccccc23)C1=O. The Bertz CT molecular complexity index is 611. The number of ketones is 2. The van der Waals surface area contributed by atoms with Crippen LogP contribution in [0.3, 0.4) is 0 Å². The van der Waals surface area contributed by atoms with Crippen molar-refractivity contribution >= 4 is 22.3 Å². The Balaban J connectivity index is 2.36. The van der Waals surface area contributed by atoms with Crippen molar-refractivity contribution in [2.45, 2.75) is 12.8 Å². The molecule has 2 heteroatoms. The van der Waals surface area contributed by atoms with Gasteiger partial charge in [0.05, 0.1) is 0 Å². The quantitative estimate of drug-likeness (QED) is 0.626. The summed E-state index contributed by atoms with van der Waals surface area (Å²) in [7, 11) is 0. The molecule has 0 aliphatic heterocycles. The molecule has 0 aromatic heterocycles.